The molecule has 0 radical (unpaired) electrons. The SMILES string of the molecule is CCOC(=O)C(C)(N)CCN1c2ccccc2CC1C. The molecule has 0 bridgehead atoms. The average molecular weight is 276 g/mol. The Bertz CT molecular complexity index is 485. The van der Waals surface area contributed by atoms with Gasteiger partial charge in [0.05, 0.1) is 6.61 Å². The number of hydrogen-bond acceptors (Lipinski definition) is 4. The number of esters is 1. The topological polar surface area (TPSA) is 55.6 Å². The highest BCUT2D eigenvalue weighted by molar-refractivity contribution is 5.80. The largest absolute Gasteiger partial charge is 0.465 e. The van der Waals surface area contributed by atoms with Crippen LogP contribution in [0.2, 0.25) is 0 Å². The van der Waals surface area contributed by atoms with E-state index in [9.17, 15) is 4.79 Å². The molecule has 0 amide bonds. The van der Waals surface area contributed by atoms with Gasteiger partial charge in [-0.2, -0.15) is 0 Å². The van der Waals surface area contributed by atoms with Gasteiger partial charge in [0.25, 0.3) is 0 Å². The van der Waals surface area contributed by atoms with Gasteiger partial charge < -0.3 is 15.4 Å². The second kappa shape index (κ2) is 5.83. The van der Waals surface area contributed by atoms with Crippen molar-refractivity contribution in [3.8, 4) is 0 Å². The minimum Gasteiger partial charge on any atom is -0.465 e. The third-order valence-corrected chi connectivity index (χ3v) is 3.96. The summed E-state index contributed by atoms with van der Waals surface area (Å²) in [6, 6.07) is 8.87. The van der Waals surface area contributed by atoms with Crippen molar-refractivity contribution in [1.82, 2.24) is 0 Å². The fourth-order valence-corrected chi connectivity index (χ4v) is 2.72. The van der Waals surface area contributed by atoms with Gasteiger partial charge in [0.15, 0.2) is 0 Å². The number of nitrogens with two attached hydrogens (primary N) is 1. The van der Waals surface area contributed by atoms with E-state index in [1.807, 2.05) is 0 Å². The van der Waals surface area contributed by atoms with Crippen LogP contribution in [0.4, 0.5) is 5.69 Å². The zero-order valence-corrected chi connectivity index (χ0v) is 12.6. The van der Waals surface area contributed by atoms with Crippen molar-refractivity contribution in [3.63, 3.8) is 0 Å². The van der Waals surface area contributed by atoms with Crippen LogP contribution in [0.3, 0.4) is 0 Å². The van der Waals surface area contributed by atoms with Gasteiger partial charge in [-0.1, -0.05) is 18.2 Å². The molecule has 0 saturated heterocycles. The Morgan fingerprint density at radius 1 is 1.50 bits per heavy atom. The Balaban J connectivity index is 2.02. The van der Waals surface area contributed by atoms with Crippen LogP contribution in [0.25, 0.3) is 0 Å². The van der Waals surface area contributed by atoms with Crippen molar-refractivity contribution < 1.29 is 9.53 Å². The Morgan fingerprint density at radius 2 is 2.20 bits per heavy atom. The third-order valence-electron chi connectivity index (χ3n) is 3.96. The maximum atomic E-state index is 11.8. The lowest BCUT2D eigenvalue weighted by molar-refractivity contribution is -0.149. The molecule has 0 fully saturated rings. The molecule has 0 saturated carbocycles. The fraction of sp³-hybridized carbons (Fsp3) is 0.562. The molecule has 1 aromatic rings. The first-order valence-electron chi connectivity index (χ1n) is 7.26. The Morgan fingerprint density at radius 3 is 2.90 bits per heavy atom. The molecule has 2 atom stereocenters. The van der Waals surface area contributed by atoms with E-state index in [1.54, 1.807) is 13.8 Å². The lowest BCUT2D eigenvalue weighted by atomic mass is 9.99. The molecular formula is C16H24N2O2. The summed E-state index contributed by atoms with van der Waals surface area (Å²) in [6.07, 6.45) is 1.64. The molecule has 0 aromatic heterocycles. The van der Waals surface area contributed by atoms with Crippen molar-refractivity contribution in [2.45, 2.75) is 45.2 Å². The summed E-state index contributed by atoms with van der Waals surface area (Å²) in [5.41, 5.74) is 7.80. The van der Waals surface area contributed by atoms with Gasteiger partial charge in [-0.05, 0) is 45.2 Å². The number of benzene rings is 1. The number of ether oxygens (including phenoxy) is 1. The summed E-state index contributed by atoms with van der Waals surface area (Å²) >= 11 is 0. The van der Waals surface area contributed by atoms with Crippen molar-refractivity contribution >= 4 is 11.7 Å². The first-order valence-corrected chi connectivity index (χ1v) is 7.26. The van der Waals surface area contributed by atoms with Crippen LogP contribution in [0, 0.1) is 0 Å². The van der Waals surface area contributed by atoms with Crippen molar-refractivity contribution in [2.75, 3.05) is 18.1 Å². The molecule has 1 aliphatic rings. The first kappa shape index (κ1) is 14.9. The summed E-state index contributed by atoms with van der Waals surface area (Å²) < 4.78 is 5.04. The minimum absolute atomic E-state index is 0.319. The van der Waals surface area contributed by atoms with Gasteiger partial charge in [0.1, 0.15) is 5.54 Å². The molecule has 0 spiro atoms. The molecule has 0 aliphatic carbocycles. The van der Waals surface area contributed by atoms with E-state index in [1.165, 1.54) is 11.3 Å². The average Bonchev–Trinajstić information content (AvgIpc) is 2.72. The number of rotatable bonds is 5. The lowest BCUT2D eigenvalue weighted by Crippen LogP contribution is -2.49. The molecule has 1 heterocycles. The van der Waals surface area contributed by atoms with Crippen LogP contribution in [0.5, 0.6) is 0 Å². The zero-order chi connectivity index (χ0) is 14.8. The molecule has 4 heteroatoms. The third kappa shape index (κ3) is 2.96. The normalized spacial score (nSPS) is 20.4. The van der Waals surface area contributed by atoms with E-state index in [2.05, 4.69) is 36.1 Å². The lowest BCUT2D eigenvalue weighted by Gasteiger charge is -2.29. The summed E-state index contributed by atoms with van der Waals surface area (Å²) in [5, 5.41) is 0. The predicted octanol–water partition coefficient (Wildman–Crippen LogP) is 2.11. The monoisotopic (exact) mass is 276 g/mol. The van der Waals surface area contributed by atoms with Crippen LogP contribution in [-0.4, -0.2) is 30.7 Å². The van der Waals surface area contributed by atoms with Crippen LogP contribution in [-0.2, 0) is 16.0 Å². The van der Waals surface area contributed by atoms with Gasteiger partial charge in [-0.3, -0.25) is 4.79 Å². The molecule has 1 aliphatic heterocycles. The van der Waals surface area contributed by atoms with Gasteiger partial charge in [0, 0.05) is 18.3 Å². The fourth-order valence-electron chi connectivity index (χ4n) is 2.72. The van der Waals surface area contributed by atoms with E-state index in [4.69, 9.17) is 10.5 Å². The molecule has 2 N–H and O–H groups in total. The summed E-state index contributed by atoms with van der Waals surface area (Å²) in [6.45, 7) is 6.89. The first-order chi connectivity index (χ1) is 9.45. The predicted molar refractivity (Wildman–Crippen MR) is 80.8 cm³/mol. The summed E-state index contributed by atoms with van der Waals surface area (Å²) in [4.78, 5) is 14.2. The number of para-hydroxylation sites is 1. The zero-order valence-electron chi connectivity index (χ0n) is 12.6. The molecule has 1 aromatic carbocycles. The van der Waals surface area contributed by atoms with E-state index in [-0.39, 0.29) is 5.97 Å². The van der Waals surface area contributed by atoms with Gasteiger partial charge in [-0.15, -0.1) is 0 Å². The van der Waals surface area contributed by atoms with Crippen LogP contribution in [0.15, 0.2) is 24.3 Å². The van der Waals surface area contributed by atoms with Crippen molar-refractivity contribution in [3.05, 3.63) is 29.8 Å². The molecule has 2 unspecified atom stereocenters. The number of anilines is 1. The Kier molecular flexibility index (Phi) is 4.33. The standard InChI is InChI=1S/C16H24N2O2/c1-4-20-15(19)16(3,17)9-10-18-12(2)11-13-7-5-6-8-14(13)18/h5-8,12H,4,9-11,17H2,1-3H3. The molecule has 110 valence electrons. The highest BCUT2D eigenvalue weighted by atomic mass is 16.5. The van der Waals surface area contributed by atoms with Crippen LogP contribution >= 0.6 is 0 Å². The van der Waals surface area contributed by atoms with Crippen molar-refractivity contribution in [2.24, 2.45) is 5.73 Å². The number of fused-ring (bicyclic) bond motifs is 1. The smallest absolute Gasteiger partial charge is 0.325 e. The number of hydrogen-bond donors (Lipinski definition) is 1. The van der Waals surface area contributed by atoms with E-state index < -0.39 is 5.54 Å². The number of nitrogens with zero attached hydrogens (tertiary/aromatic N) is 1. The van der Waals surface area contributed by atoms with Gasteiger partial charge in [0.2, 0.25) is 0 Å². The number of carbonyl (C=O) groups excluding carboxylic acids is 1. The molecular weight excluding hydrogens is 252 g/mol. The van der Waals surface area contributed by atoms with Crippen LogP contribution in [0.1, 0.15) is 32.8 Å². The van der Waals surface area contributed by atoms with Crippen LogP contribution < -0.4 is 10.6 Å². The van der Waals surface area contributed by atoms with Crippen molar-refractivity contribution in [1.29, 1.82) is 0 Å². The second-order valence-electron chi connectivity index (χ2n) is 5.76. The maximum absolute atomic E-state index is 11.8. The van der Waals surface area contributed by atoms with Gasteiger partial charge in [-0.25, -0.2) is 0 Å². The van der Waals surface area contributed by atoms with E-state index >= 15 is 0 Å². The summed E-state index contributed by atoms with van der Waals surface area (Å²) in [5.74, 6) is -0.319. The summed E-state index contributed by atoms with van der Waals surface area (Å²) in [7, 11) is 0. The highest BCUT2D eigenvalue weighted by Crippen LogP contribution is 2.32. The Hall–Kier alpha value is -1.55. The molecule has 2 rings (SSSR count). The second-order valence-corrected chi connectivity index (χ2v) is 5.76. The van der Waals surface area contributed by atoms with E-state index in [0.717, 1.165) is 13.0 Å². The Labute approximate surface area is 120 Å². The molecule has 20 heavy (non-hydrogen) atoms. The molecule has 4 nitrogen and oxygen atoms in total. The highest BCUT2D eigenvalue weighted by Gasteiger charge is 2.33. The van der Waals surface area contributed by atoms with E-state index in [0.29, 0.717) is 19.1 Å². The number of carbonyl (C=O) groups is 1. The maximum Gasteiger partial charge on any atom is 0.325 e. The quantitative estimate of drug-likeness (QED) is 0.837. The van der Waals surface area contributed by atoms with Gasteiger partial charge >= 0.3 is 5.97 Å². The minimum atomic E-state index is -0.923.